The van der Waals surface area contributed by atoms with Gasteiger partial charge in [-0.3, -0.25) is 9.48 Å². The van der Waals surface area contributed by atoms with Gasteiger partial charge in [0.2, 0.25) is 0 Å². The number of benzene rings is 1. The summed E-state index contributed by atoms with van der Waals surface area (Å²) in [5, 5.41) is 10.5. The normalized spacial score (nSPS) is 14.3. The molecule has 0 unspecified atom stereocenters. The lowest BCUT2D eigenvalue weighted by atomic mass is 10.2. The average molecular weight is 347 g/mol. The second-order valence-corrected chi connectivity index (χ2v) is 6.48. The molecule has 132 valence electrons. The van der Waals surface area contributed by atoms with Gasteiger partial charge < -0.3 is 10.6 Å². The zero-order valence-corrected chi connectivity index (χ0v) is 14.4. The zero-order chi connectivity index (χ0) is 17.8. The predicted molar refractivity (Wildman–Crippen MR) is 102 cm³/mol. The third kappa shape index (κ3) is 3.59. The van der Waals surface area contributed by atoms with Crippen molar-refractivity contribution in [2.45, 2.75) is 31.7 Å². The van der Waals surface area contributed by atoms with Crippen molar-refractivity contribution in [3.63, 3.8) is 0 Å². The summed E-state index contributed by atoms with van der Waals surface area (Å²) in [4.78, 5) is 17.0. The molecule has 0 aliphatic heterocycles. The Morgan fingerprint density at radius 1 is 1.00 bits per heavy atom. The third-order valence-corrected chi connectivity index (χ3v) is 4.64. The monoisotopic (exact) mass is 347 g/mol. The Labute approximate surface area is 152 Å². The Kier molecular flexibility index (Phi) is 4.64. The third-order valence-electron chi connectivity index (χ3n) is 4.64. The first-order chi connectivity index (χ1) is 12.8. The largest absolute Gasteiger partial charge is 0.340 e. The van der Waals surface area contributed by atoms with Crippen molar-refractivity contribution in [3.05, 3.63) is 66.6 Å². The summed E-state index contributed by atoms with van der Waals surface area (Å²) in [6.45, 7) is 0. The van der Waals surface area contributed by atoms with Crippen LogP contribution in [0.4, 0.5) is 17.2 Å². The molecule has 6 nitrogen and oxygen atoms in total. The van der Waals surface area contributed by atoms with Crippen LogP contribution in [0.3, 0.4) is 0 Å². The minimum atomic E-state index is -0.153. The van der Waals surface area contributed by atoms with Gasteiger partial charge in [-0.05, 0) is 43.2 Å². The molecule has 1 aliphatic carbocycles. The molecule has 1 aliphatic rings. The van der Waals surface area contributed by atoms with E-state index < -0.39 is 0 Å². The van der Waals surface area contributed by atoms with E-state index in [0.29, 0.717) is 17.4 Å². The number of pyridine rings is 1. The molecule has 4 rings (SSSR count). The number of anilines is 3. The second-order valence-electron chi connectivity index (χ2n) is 6.48. The molecule has 0 radical (unpaired) electrons. The summed E-state index contributed by atoms with van der Waals surface area (Å²) < 4.78 is 1.86. The van der Waals surface area contributed by atoms with E-state index >= 15 is 0 Å². The Morgan fingerprint density at radius 3 is 2.54 bits per heavy atom. The van der Waals surface area contributed by atoms with Gasteiger partial charge in [-0.2, -0.15) is 5.10 Å². The van der Waals surface area contributed by atoms with Crippen molar-refractivity contribution in [3.8, 4) is 0 Å². The molecule has 6 heteroatoms. The van der Waals surface area contributed by atoms with Gasteiger partial charge in [-0.25, -0.2) is 4.98 Å². The van der Waals surface area contributed by atoms with E-state index in [4.69, 9.17) is 0 Å². The predicted octanol–water partition coefficient (Wildman–Crippen LogP) is 4.39. The highest BCUT2D eigenvalue weighted by molar-refractivity contribution is 6.03. The second kappa shape index (κ2) is 7.39. The maximum absolute atomic E-state index is 12.6. The van der Waals surface area contributed by atoms with E-state index in [9.17, 15) is 4.79 Å². The number of hydrogen-bond acceptors (Lipinski definition) is 4. The molecule has 2 heterocycles. The van der Waals surface area contributed by atoms with Gasteiger partial charge in [0.05, 0.1) is 17.9 Å². The summed E-state index contributed by atoms with van der Waals surface area (Å²) in [5.41, 5.74) is 2.23. The maximum Gasteiger partial charge on any atom is 0.273 e. The molecule has 1 fully saturated rings. The molecule has 2 aromatic heterocycles. The Hall–Kier alpha value is -3.15. The smallest absolute Gasteiger partial charge is 0.273 e. The number of para-hydroxylation sites is 1. The van der Waals surface area contributed by atoms with Gasteiger partial charge in [0.1, 0.15) is 11.5 Å². The molecule has 26 heavy (non-hydrogen) atoms. The first-order valence-electron chi connectivity index (χ1n) is 8.92. The number of aromatic nitrogens is 3. The first-order valence-corrected chi connectivity index (χ1v) is 8.92. The van der Waals surface area contributed by atoms with E-state index in [1.807, 2.05) is 47.1 Å². The fraction of sp³-hybridized carbons (Fsp3) is 0.250. The van der Waals surface area contributed by atoms with Crippen LogP contribution < -0.4 is 10.6 Å². The summed E-state index contributed by atoms with van der Waals surface area (Å²) in [6.07, 6.45) is 7.92. The van der Waals surface area contributed by atoms with Gasteiger partial charge in [0, 0.05) is 11.9 Å². The standard InChI is InChI=1S/C20H21N5O/c26-20(18-12-13-22-25(18)17-8-4-5-9-17)24-16-10-11-19(21-14-16)23-15-6-2-1-3-7-15/h1-3,6-7,10-14,17H,4-5,8-9H2,(H,21,23)(H,24,26). The van der Waals surface area contributed by atoms with Gasteiger partial charge in [0.15, 0.2) is 0 Å². The number of nitrogens with one attached hydrogen (secondary N) is 2. The van der Waals surface area contributed by atoms with Gasteiger partial charge in [-0.1, -0.05) is 31.0 Å². The quantitative estimate of drug-likeness (QED) is 0.718. The van der Waals surface area contributed by atoms with Crippen molar-refractivity contribution < 1.29 is 4.79 Å². The molecule has 0 atom stereocenters. The molecule has 1 aromatic carbocycles. The minimum Gasteiger partial charge on any atom is -0.340 e. The summed E-state index contributed by atoms with van der Waals surface area (Å²) in [5.74, 6) is 0.574. The molecule has 0 saturated heterocycles. The van der Waals surface area contributed by atoms with Gasteiger partial charge in [0.25, 0.3) is 5.91 Å². The van der Waals surface area contributed by atoms with E-state index in [2.05, 4.69) is 20.7 Å². The van der Waals surface area contributed by atoms with E-state index in [-0.39, 0.29) is 5.91 Å². The fourth-order valence-corrected chi connectivity index (χ4v) is 3.34. The van der Waals surface area contributed by atoms with E-state index in [0.717, 1.165) is 24.3 Å². The molecule has 0 bridgehead atoms. The molecule has 2 N–H and O–H groups in total. The van der Waals surface area contributed by atoms with Crippen LogP contribution in [0.5, 0.6) is 0 Å². The van der Waals surface area contributed by atoms with E-state index in [1.165, 1.54) is 12.8 Å². The van der Waals surface area contributed by atoms with Crippen molar-refractivity contribution in [1.82, 2.24) is 14.8 Å². The van der Waals surface area contributed by atoms with Crippen LogP contribution in [-0.4, -0.2) is 20.7 Å². The van der Waals surface area contributed by atoms with Crippen LogP contribution in [0.1, 0.15) is 42.2 Å². The SMILES string of the molecule is O=C(Nc1ccc(Nc2ccccc2)nc1)c1ccnn1C1CCCC1. The number of nitrogens with zero attached hydrogens (tertiary/aromatic N) is 3. The molecular weight excluding hydrogens is 326 g/mol. The van der Waals surface area contributed by atoms with Crippen LogP contribution in [0, 0.1) is 0 Å². The number of rotatable bonds is 5. The molecule has 3 aromatic rings. The first kappa shape index (κ1) is 16.3. The van der Waals surface area contributed by atoms with Crippen LogP contribution in [-0.2, 0) is 0 Å². The van der Waals surface area contributed by atoms with E-state index in [1.54, 1.807) is 18.5 Å². The van der Waals surface area contributed by atoms with Crippen LogP contribution in [0.25, 0.3) is 0 Å². The lowest BCUT2D eigenvalue weighted by Gasteiger charge is -2.14. The highest BCUT2D eigenvalue weighted by Gasteiger charge is 2.22. The number of carbonyl (C=O) groups excluding carboxylic acids is 1. The topological polar surface area (TPSA) is 71.8 Å². The summed E-state index contributed by atoms with van der Waals surface area (Å²) in [7, 11) is 0. The Balaban J connectivity index is 1.43. The van der Waals surface area contributed by atoms with Gasteiger partial charge >= 0.3 is 0 Å². The lowest BCUT2D eigenvalue weighted by Crippen LogP contribution is -2.20. The molecule has 0 spiro atoms. The molecule has 1 saturated carbocycles. The van der Waals surface area contributed by atoms with Crippen LogP contribution in [0.2, 0.25) is 0 Å². The van der Waals surface area contributed by atoms with Crippen molar-refractivity contribution >= 4 is 23.1 Å². The molecular formula is C20H21N5O. The Bertz CT molecular complexity index is 867. The summed E-state index contributed by atoms with van der Waals surface area (Å²) >= 11 is 0. The summed E-state index contributed by atoms with van der Waals surface area (Å²) in [6, 6.07) is 15.6. The highest BCUT2D eigenvalue weighted by Crippen LogP contribution is 2.30. The Morgan fingerprint density at radius 2 is 1.81 bits per heavy atom. The van der Waals surface area contributed by atoms with Crippen LogP contribution in [0.15, 0.2) is 60.9 Å². The molecule has 1 amide bonds. The number of hydrogen-bond donors (Lipinski definition) is 2. The fourth-order valence-electron chi connectivity index (χ4n) is 3.34. The highest BCUT2D eigenvalue weighted by atomic mass is 16.2. The van der Waals surface area contributed by atoms with Gasteiger partial charge in [-0.15, -0.1) is 0 Å². The lowest BCUT2D eigenvalue weighted by molar-refractivity contribution is 0.101. The van der Waals surface area contributed by atoms with Crippen LogP contribution >= 0.6 is 0 Å². The minimum absolute atomic E-state index is 0.153. The maximum atomic E-state index is 12.6. The number of amides is 1. The van der Waals surface area contributed by atoms with Crippen molar-refractivity contribution in [2.75, 3.05) is 10.6 Å². The average Bonchev–Trinajstić information content (AvgIpc) is 3.35. The number of carbonyl (C=O) groups is 1. The zero-order valence-electron chi connectivity index (χ0n) is 14.4. The van der Waals surface area contributed by atoms with Crippen molar-refractivity contribution in [2.24, 2.45) is 0 Å². The van der Waals surface area contributed by atoms with Crippen molar-refractivity contribution in [1.29, 1.82) is 0 Å².